The van der Waals surface area contributed by atoms with E-state index >= 15 is 0 Å². The van der Waals surface area contributed by atoms with Crippen LogP contribution in [0.5, 0.6) is 0 Å². The topological polar surface area (TPSA) is 69.7 Å². The van der Waals surface area contributed by atoms with E-state index in [9.17, 15) is 14.4 Å². The predicted octanol–water partition coefficient (Wildman–Crippen LogP) is 3.95. The first-order valence-corrected chi connectivity index (χ1v) is 12.0. The number of fused-ring (bicyclic) bond motifs is 1. The Bertz CT molecular complexity index is 794. The van der Waals surface area contributed by atoms with E-state index in [1.165, 1.54) is 37.0 Å². The zero-order chi connectivity index (χ0) is 21.8. The molecular formula is C25H35N3O3. The van der Waals surface area contributed by atoms with E-state index in [0.29, 0.717) is 6.04 Å². The molecule has 0 bridgehead atoms. The highest BCUT2D eigenvalue weighted by Gasteiger charge is 2.47. The van der Waals surface area contributed by atoms with Crippen LogP contribution in [0.2, 0.25) is 0 Å². The number of hydrogen-bond donors (Lipinski definition) is 1. The summed E-state index contributed by atoms with van der Waals surface area (Å²) in [6.07, 6.45) is 10.2. The summed E-state index contributed by atoms with van der Waals surface area (Å²) in [5.41, 5.74) is 1.92. The Morgan fingerprint density at radius 3 is 2.26 bits per heavy atom. The van der Waals surface area contributed by atoms with Gasteiger partial charge in [0, 0.05) is 31.2 Å². The van der Waals surface area contributed by atoms with Gasteiger partial charge in [0.1, 0.15) is 0 Å². The van der Waals surface area contributed by atoms with Gasteiger partial charge in [0.15, 0.2) is 0 Å². The van der Waals surface area contributed by atoms with Crippen molar-refractivity contribution in [2.75, 3.05) is 18.9 Å². The average molecular weight is 426 g/mol. The lowest BCUT2D eigenvalue weighted by molar-refractivity contribution is -0.140. The number of carbonyl (C=O) groups excluding carboxylic acids is 3. The Morgan fingerprint density at radius 2 is 1.58 bits per heavy atom. The van der Waals surface area contributed by atoms with Crippen LogP contribution in [0.3, 0.4) is 0 Å². The van der Waals surface area contributed by atoms with E-state index in [4.69, 9.17) is 0 Å². The number of hydrogen-bond acceptors (Lipinski definition) is 4. The third kappa shape index (κ3) is 5.00. The van der Waals surface area contributed by atoms with Gasteiger partial charge in [-0.2, -0.15) is 0 Å². The smallest absolute Gasteiger partial charge is 0.233 e. The molecule has 2 unspecified atom stereocenters. The van der Waals surface area contributed by atoms with Crippen molar-refractivity contribution in [2.24, 2.45) is 11.8 Å². The van der Waals surface area contributed by atoms with Gasteiger partial charge in [-0.15, -0.1) is 0 Å². The number of benzene rings is 1. The molecule has 2 aliphatic carbocycles. The molecule has 6 nitrogen and oxygen atoms in total. The Hall–Kier alpha value is -2.21. The molecule has 2 saturated carbocycles. The molecule has 1 saturated heterocycles. The van der Waals surface area contributed by atoms with Gasteiger partial charge in [-0.05, 0) is 44.4 Å². The molecule has 3 aliphatic rings. The number of carbonyl (C=O) groups is 3. The van der Waals surface area contributed by atoms with Gasteiger partial charge < -0.3 is 5.32 Å². The molecule has 3 fully saturated rings. The van der Waals surface area contributed by atoms with E-state index in [0.717, 1.165) is 43.5 Å². The Labute approximate surface area is 185 Å². The highest BCUT2D eigenvalue weighted by Crippen LogP contribution is 2.38. The lowest BCUT2D eigenvalue weighted by Gasteiger charge is -2.31. The lowest BCUT2D eigenvalue weighted by atomic mass is 9.81. The average Bonchev–Trinajstić information content (AvgIpc) is 3.04. The summed E-state index contributed by atoms with van der Waals surface area (Å²) in [6.45, 7) is 0.980. The van der Waals surface area contributed by atoms with Crippen molar-refractivity contribution in [3.63, 3.8) is 0 Å². The summed E-state index contributed by atoms with van der Waals surface area (Å²) < 4.78 is 0. The molecule has 1 aliphatic heterocycles. The van der Waals surface area contributed by atoms with Gasteiger partial charge in [0.25, 0.3) is 0 Å². The van der Waals surface area contributed by atoms with Gasteiger partial charge in [0.2, 0.25) is 17.7 Å². The van der Waals surface area contributed by atoms with Crippen LogP contribution in [0.25, 0.3) is 0 Å². The number of para-hydroxylation sites is 1. The quantitative estimate of drug-likeness (QED) is 0.672. The van der Waals surface area contributed by atoms with Crippen LogP contribution in [-0.2, 0) is 20.9 Å². The van der Waals surface area contributed by atoms with Crippen molar-refractivity contribution in [3.05, 3.63) is 29.8 Å². The molecule has 3 amide bonds. The van der Waals surface area contributed by atoms with Crippen molar-refractivity contribution < 1.29 is 14.4 Å². The molecular weight excluding hydrogens is 390 g/mol. The number of likely N-dealkylation sites (tertiary alicyclic amines) is 1. The minimum absolute atomic E-state index is 0.0722. The SMILES string of the molecule is CN(Cc1ccccc1NC(=O)CCN1C(=O)C2CCCCC2C1=O)C1CCCCC1. The van der Waals surface area contributed by atoms with E-state index in [2.05, 4.69) is 23.3 Å². The second kappa shape index (κ2) is 9.94. The zero-order valence-electron chi connectivity index (χ0n) is 18.6. The molecule has 2 atom stereocenters. The fourth-order valence-corrected chi connectivity index (χ4v) is 5.58. The number of nitrogens with one attached hydrogen (secondary N) is 1. The predicted molar refractivity (Wildman–Crippen MR) is 120 cm³/mol. The number of rotatable bonds is 7. The third-order valence-corrected chi connectivity index (χ3v) is 7.40. The van der Waals surface area contributed by atoms with Crippen molar-refractivity contribution in [1.29, 1.82) is 0 Å². The largest absolute Gasteiger partial charge is 0.326 e. The standard InChI is InChI=1S/C25H35N3O3/c1-27(19-10-3-2-4-11-19)17-18-9-5-8-14-22(18)26-23(29)15-16-28-24(30)20-12-6-7-13-21(20)25(28)31/h5,8-9,14,19-21H,2-4,6-7,10-13,15-17H2,1H3,(H,26,29). The highest BCUT2D eigenvalue weighted by atomic mass is 16.2. The van der Waals surface area contributed by atoms with Gasteiger partial charge in [-0.1, -0.05) is 50.3 Å². The molecule has 6 heteroatoms. The first-order valence-electron chi connectivity index (χ1n) is 12.0. The summed E-state index contributed by atoms with van der Waals surface area (Å²) in [5, 5.41) is 3.02. The van der Waals surface area contributed by atoms with E-state index < -0.39 is 0 Å². The van der Waals surface area contributed by atoms with Crippen molar-refractivity contribution in [1.82, 2.24) is 9.80 Å². The Morgan fingerprint density at radius 1 is 0.968 bits per heavy atom. The van der Waals surface area contributed by atoms with Crippen LogP contribution >= 0.6 is 0 Å². The van der Waals surface area contributed by atoms with Crippen LogP contribution in [0.15, 0.2) is 24.3 Å². The summed E-state index contributed by atoms with van der Waals surface area (Å²) in [5.74, 6) is -0.599. The number of amides is 3. The minimum atomic E-state index is -0.152. The first kappa shape index (κ1) is 22.0. The molecule has 1 aromatic rings. The first-order chi connectivity index (χ1) is 15.0. The van der Waals surface area contributed by atoms with E-state index in [1.54, 1.807) is 0 Å². The van der Waals surface area contributed by atoms with Gasteiger partial charge in [-0.25, -0.2) is 0 Å². The molecule has 1 aromatic carbocycles. The summed E-state index contributed by atoms with van der Waals surface area (Å²) in [4.78, 5) is 41.6. The van der Waals surface area contributed by atoms with E-state index in [1.807, 2.05) is 18.2 Å². The van der Waals surface area contributed by atoms with Crippen LogP contribution < -0.4 is 5.32 Å². The summed E-state index contributed by atoms with van der Waals surface area (Å²) >= 11 is 0. The van der Waals surface area contributed by atoms with Crippen molar-refractivity contribution in [2.45, 2.75) is 76.8 Å². The Balaban J connectivity index is 1.33. The second-order valence-corrected chi connectivity index (χ2v) is 9.49. The molecule has 4 rings (SSSR count). The van der Waals surface area contributed by atoms with Gasteiger partial charge in [0.05, 0.1) is 11.8 Å². The second-order valence-electron chi connectivity index (χ2n) is 9.49. The maximum absolute atomic E-state index is 12.7. The summed E-state index contributed by atoms with van der Waals surface area (Å²) in [6, 6.07) is 8.53. The zero-order valence-corrected chi connectivity index (χ0v) is 18.6. The molecule has 1 heterocycles. The monoisotopic (exact) mass is 425 g/mol. The van der Waals surface area contributed by atoms with Crippen LogP contribution in [0.4, 0.5) is 5.69 Å². The van der Waals surface area contributed by atoms with Crippen molar-refractivity contribution >= 4 is 23.4 Å². The molecule has 0 spiro atoms. The minimum Gasteiger partial charge on any atom is -0.326 e. The van der Waals surface area contributed by atoms with Crippen LogP contribution in [0.1, 0.15) is 69.8 Å². The van der Waals surface area contributed by atoms with Gasteiger partial charge >= 0.3 is 0 Å². The van der Waals surface area contributed by atoms with E-state index in [-0.39, 0.29) is 42.5 Å². The third-order valence-electron chi connectivity index (χ3n) is 7.40. The molecule has 0 radical (unpaired) electrons. The fourth-order valence-electron chi connectivity index (χ4n) is 5.58. The molecule has 1 N–H and O–H groups in total. The maximum atomic E-state index is 12.7. The molecule has 168 valence electrons. The maximum Gasteiger partial charge on any atom is 0.233 e. The Kier molecular flexibility index (Phi) is 7.06. The lowest BCUT2D eigenvalue weighted by Crippen LogP contribution is -2.34. The number of anilines is 1. The van der Waals surface area contributed by atoms with Crippen LogP contribution in [-0.4, -0.2) is 47.2 Å². The number of nitrogens with zero attached hydrogens (tertiary/aromatic N) is 2. The fraction of sp³-hybridized carbons (Fsp3) is 0.640. The highest BCUT2D eigenvalue weighted by molar-refractivity contribution is 6.05. The molecule has 0 aromatic heterocycles. The van der Waals surface area contributed by atoms with Gasteiger partial charge in [-0.3, -0.25) is 24.2 Å². The van der Waals surface area contributed by atoms with Crippen molar-refractivity contribution in [3.8, 4) is 0 Å². The summed E-state index contributed by atoms with van der Waals surface area (Å²) in [7, 11) is 2.17. The normalized spacial score (nSPS) is 24.5. The van der Waals surface area contributed by atoms with Crippen LogP contribution in [0, 0.1) is 11.8 Å². The molecule has 31 heavy (non-hydrogen) atoms. The number of imide groups is 1.